The number of hydrogen-bond donors (Lipinski definition) is 1. The average molecular weight is 527 g/mol. The lowest BCUT2D eigenvalue weighted by Gasteiger charge is -2.44. The smallest absolute Gasteiger partial charge is 0.229 e. The summed E-state index contributed by atoms with van der Waals surface area (Å²) in [6, 6.07) is 5.88. The van der Waals surface area contributed by atoms with Crippen molar-refractivity contribution in [2.45, 2.75) is 31.5 Å². The molecule has 10 heteroatoms. The van der Waals surface area contributed by atoms with Crippen LogP contribution in [0, 0.1) is 11.8 Å². The molecule has 6 rings (SSSR count). The molecule has 3 fully saturated rings. The molecule has 1 aliphatic carbocycles. The molecule has 1 aromatic carbocycles. The molecule has 0 unspecified atom stereocenters. The Hall–Kier alpha value is -2.75. The zero-order valence-electron chi connectivity index (χ0n) is 21.3. The zero-order valence-corrected chi connectivity index (χ0v) is 22.1. The Morgan fingerprint density at radius 3 is 2.65 bits per heavy atom. The Morgan fingerprint density at radius 2 is 1.97 bits per heavy atom. The molecular formula is C27H32ClFN6O2. The number of aromatic nitrogens is 3. The first-order valence-corrected chi connectivity index (χ1v) is 13.2. The Labute approximate surface area is 220 Å². The van der Waals surface area contributed by atoms with Crippen molar-refractivity contribution in [3.63, 3.8) is 0 Å². The fraction of sp³-hybridized carbons (Fsp3) is 0.519. The van der Waals surface area contributed by atoms with Crippen molar-refractivity contribution in [1.82, 2.24) is 19.7 Å². The largest absolute Gasteiger partial charge is 0.376 e. The van der Waals surface area contributed by atoms with Gasteiger partial charge >= 0.3 is 0 Å². The fourth-order valence-electron chi connectivity index (χ4n) is 6.05. The Bertz CT molecular complexity index is 1340. The summed E-state index contributed by atoms with van der Waals surface area (Å²) in [6.45, 7) is 7.62. The van der Waals surface area contributed by atoms with E-state index in [2.05, 4.69) is 38.2 Å². The van der Waals surface area contributed by atoms with Crippen molar-refractivity contribution in [3.05, 3.63) is 47.4 Å². The number of anilines is 2. The minimum atomic E-state index is -0.970. The Balaban J connectivity index is 1.16. The van der Waals surface area contributed by atoms with Gasteiger partial charge < -0.3 is 15.0 Å². The number of alkyl halides is 1. The number of nitrogens with one attached hydrogen (secondary N) is 1. The highest BCUT2D eigenvalue weighted by molar-refractivity contribution is 6.34. The van der Waals surface area contributed by atoms with E-state index >= 15 is 0 Å². The van der Waals surface area contributed by atoms with Gasteiger partial charge in [-0.1, -0.05) is 18.5 Å². The van der Waals surface area contributed by atoms with Crippen molar-refractivity contribution in [3.8, 4) is 0 Å². The highest BCUT2D eigenvalue weighted by atomic mass is 35.5. The van der Waals surface area contributed by atoms with Crippen LogP contribution in [-0.4, -0.2) is 76.7 Å². The van der Waals surface area contributed by atoms with Gasteiger partial charge in [-0.25, -0.2) is 9.37 Å². The van der Waals surface area contributed by atoms with Gasteiger partial charge in [-0.2, -0.15) is 5.10 Å². The number of carbonyl (C=O) groups excluding carboxylic acids is 1. The molecule has 196 valence electrons. The highest BCUT2D eigenvalue weighted by Gasteiger charge is 2.53. The van der Waals surface area contributed by atoms with Crippen LogP contribution in [0.5, 0.6) is 0 Å². The predicted molar refractivity (Wildman–Crippen MR) is 142 cm³/mol. The first-order valence-electron chi connectivity index (χ1n) is 12.8. The van der Waals surface area contributed by atoms with Crippen molar-refractivity contribution < 1.29 is 13.9 Å². The number of piperazine rings is 1. The molecule has 1 amide bonds. The molecule has 2 saturated heterocycles. The van der Waals surface area contributed by atoms with Gasteiger partial charge in [0.2, 0.25) is 5.91 Å². The monoisotopic (exact) mass is 526 g/mol. The number of fused-ring (bicyclic) bond motifs is 1. The molecule has 37 heavy (non-hydrogen) atoms. The maximum Gasteiger partial charge on any atom is 0.229 e. The second kappa shape index (κ2) is 9.22. The van der Waals surface area contributed by atoms with E-state index in [9.17, 15) is 9.18 Å². The van der Waals surface area contributed by atoms with Crippen LogP contribution in [0.3, 0.4) is 0 Å². The minimum absolute atomic E-state index is 0.0194. The van der Waals surface area contributed by atoms with Crippen LogP contribution in [0.25, 0.3) is 10.8 Å². The van der Waals surface area contributed by atoms with Crippen LogP contribution in [0.4, 0.5) is 15.9 Å². The van der Waals surface area contributed by atoms with E-state index in [0.717, 1.165) is 48.2 Å². The number of halogens is 2. The number of rotatable bonds is 5. The van der Waals surface area contributed by atoms with Gasteiger partial charge in [0.15, 0.2) is 0 Å². The summed E-state index contributed by atoms with van der Waals surface area (Å²) >= 11 is 6.68. The van der Waals surface area contributed by atoms with Crippen molar-refractivity contribution in [2.24, 2.45) is 18.9 Å². The van der Waals surface area contributed by atoms with Crippen LogP contribution in [-0.2, 0) is 16.6 Å². The van der Waals surface area contributed by atoms with E-state index in [1.54, 1.807) is 10.9 Å². The van der Waals surface area contributed by atoms with Crippen molar-refractivity contribution in [1.29, 1.82) is 0 Å². The second-order valence-corrected chi connectivity index (χ2v) is 11.3. The lowest BCUT2D eigenvalue weighted by molar-refractivity contribution is -0.117. The Kier molecular flexibility index (Phi) is 6.12. The maximum absolute atomic E-state index is 14.5. The highest BCUT2D eigenvalue weighted by Crippen LogP contribution is 2.54. The van der Waals surface area contributed by atoms with Gasteiger partial charge in [0.1, 0.15) is 12.0 Å². The molecule has 8 nitrogen and oxygen atoms in total. The lowest BCUT2D eigenvalue weighted by atomic mass is 9.96. The zero-order chi connectivity index (χ0) is 25.9. The fourth-order valence-corrected chi connectivity index (χ4v) is 6.34. The number of hydrogen-bond acceptors (Lipinski definition) is 6. The second-order valence-electron chi connectivity index (χ2n) is 10.9. The molecule has 4 heterocycles. The van der Waals surface area contributed by atoms with Gasteiger partial charge in [-0.05, 0) is 42.0 Å². The van der Waals surface area contributed by atoms with Crippen LogP contribution in [0.15, 0.2) is 36.8 Å². The predicted octanol–water partition coefficient (Wildman–Crippen LogP) is 3.86. The van der Waals surface area contributed by atoms with E-state index in [1.807, 2.05) is 38.5 Å². The Morgan fingerprint density at radius 1 is 1.19 bits per heavy atom. The van der Waals surface area contributed by atoms with Crippen LogP contribution < -0.4 is 10.2 Å². The van der Waals surface area contributed by atoms with Gasteiger partial charge in [0.25, 0.3) is 0 Å². The van der Waals surface area contributed by atoms with Crippen LogP contribution in [0.2, 0.25) is 5.02 Å². The standard InChI is InChI=1S/C27H32ClFN6O2/c1-16-24(19-12-31-33(3)13-19)25(16)26(36)32-23-10-17-9-21(20(28)8-18(17)11-30-23)34-4-6-35(7-5-34)27(2)15-37-14-22(27)29/h8-13,16,22,24-25H,4-7,14-15H2,1-3H3,(H,30,32,36)/t16-,22-,24-,25+,27+/m0/s1. The molecule has 1 N–H and O–H groups in total. The summed E-state index contributed by atoms with van der Waals surface area (Å²) in [7, 11) is 1.88. The molecule has 2 aliphatic heterocycles. The van der Waals surface area contributed by atoms with Gasteiger partial charge in [0, 0.05) is 62.8 Å². The number of carbonyl (C=O) groups is 1. The first kappa shape index (κ1) is 24.6. The molecule has 3 aromatic rings. The van der Waals surface area contributed by atoms with E-state index in [1.165, 1.54) is 0 Å². The number of nitrogens with zero attached hydrogens (tertiary/aromatic N) is 5. The SMILES string of the molecule is C[C@@H]1[C@@H](C(=O)Nc2cc3cc(N4CCN([C@]5(C)COC[C@@H]5F)CC4)c(Cl)cc3cn2)[C@@H]1c1cnn(C)c1. The van der Waals surface area contributed by atoms with Crippen LogP contribution in [0.1, 0.15) is 25.3 Å². The molecular weight excluding hydrogens is 495 g/mol. The summed E-state index contributed by atoms with van der Waals surface area (Å²) < 4.78 is 21.7. The summed E-state index contributed by atoms with van der Waals surface area (Å²) in [4.78, 5) is 21.9. The number of aryl methyl sites for hydroxylation is 1. The van der Waals surface area contributed by atoms with Gasteiger partial charge in [0.05, 0.1) is 35.7 Å². The maximum atomic E-state index is 14.5. The summed E-state index contributed by atoms with van der Waals surface area (Å²) in [5, 5.41) is 9.78. The third-order valence-corrected chi connectivity index (χ3v) is 8.81. The first-order chi connectivity index (χ1) is 17.7. The van der Waals surface area contributed by atoms with E-state index in [0.29, 0.717) is 17.4 Å². The van der Waals surface area contributed by atoms with Gasteiger partial charge in [-0.15, -0.1) is 0 Å². The summed E-state index contributed by atoms with van der Waals surface area (Å²) in [5.41, 5.74) is 1.47. The molecule has 0 spiro atoms. The molecule has 1 saturated carbocycles. The van der Waals surface area contributed by atoms with Crippen molar-refractivity contribution in [2.75, 3.05) is 49.6 Å². The van der Waals surface area contributed by atoms with Gasteiger partial charge in [-0.3, -0.25) is 14.4 Å². The average Bonchev–Trinajstić information content (AvgIpc) is 3.15. The quantitative estimate of drug-likeness (QED) is 0.544. The number of benzene rings is 1. The molecule has 0 bridgehead atoms. The van der Waals surface area contributed by atoms with E-state index in [4.69, 9.17) is 16.3 Å². The van der Waals surface area contributed by atoms with Crippen molar-refractivity contribution >= 4 is 39.8 Å². The molecule has 5 atom stereocenters. The molecule has 2 aromatic heterocycles. The molecule has 3 aliphatic rings. The topological polar surface area (TPSA) is 75.5 Å². The summed E-state index contributed by atoms with van der Waals surface area (Å²) in [6.07, 6.45) is 4.59. The van der Waals surface area contributed by atoms with E-state index in [-0.39, 0.29) is 30.3 Å². The normalized spacial score (nSPS) is 30.1. The summed E-state index contributed by atoms with van der Waals surface area (Å²) in [5.74, 6) is 0.870. The molecule has 0 radical (unpaired) electrons. The van der Waals surface area contributed by atoms with E-state index < -0.39 is 11.7 Å². The number of ether oxygens (including phenoxy) is 1. The lowest BCUT2D eigenvalue weighted by Crippen LogP contribution is -2.59. The number of amides is 1. The minimum Gasteiger partial charge on any atom is -0.376 e. The number of pyridine rings is 1. The third kappa shape index (κ3) is 4.36. The third-order valence-electron chi connectivity index (χ3n) is 8.51. The van der Waals surface area contributed by atoms with Crippen LogP contribution >= 0.6 is 11.6 Å².